The second kappa shape index (κ2) is 4.60. The molecule has 0 spiro atoms. The van der Waals surface area contributed by atoms with E-state index in [1.54, 1.807) is 0 Å². The first kappa shape index (κ1) is 10.4. The molecule has 2 atom stereocenters. The van der Waals surface area contributed by atoms with Crippen LogP contribution in [-0.2, 0) is 0 Å². The number of likely N-dealkylation sites (tertiary alicyclic amines) is 2. The van der Waals surface area contributed by atoms with E-state index < -0.39 is 0 Å². The molecule has 0 saturated carbocycles. The predicted molar refractivity (Wildman–Crippen MR) is 59.2 cm³/mol. The molecule has 0 aromatic heterocycles. The van der Waals surface area contributed by atoms with Crippen molar-refractivity contribution in [2.45, 2.75) is 12.8 Å². The van der Waals surface area contributed by atoms with Crippen molar-refractivity contribution in [2.75, 3.05) is 46.3 Å². The van der Waals surface area contributed by atoms with E-state index >= 15 is 0 Å². The molecule has 2 aliphatic heterocycles. The van der Waals surface area contributed by atoms with Crippen molar-refractivity contribution < 1.29 is 0 Å². The van der Waals surface area contributed by atoms with Crippen LogP contribution in [0.15, 0.2) is 0 Å². The van der Waals surface area contributed by atoms with Crippen LogP contribution in [-0.4, -0.2) is 56.1 Å². The van der Waals surface area contributed by atoms with Crippen molar-refractivity contribution in [3.8, 4) is 0 Å². The van der Waals surface area contributed by atoms with E-state index in [0.717, 1.165) is 18.4 Å². The first-order chi connectivity index (χ1) is 6.78. The minimum Gasteiger partial charge on any atom is -0.330 e. The molecular formula is C11H23N3. The van der Waals surface area contributed by atoms with E-state index in [9.17, 15) is 0 Å². The van der Waals surface area contributed by atoms with Gasteiger partial charge in [0.05, 0.1) is 0 Å². The van der Waals surface area contributed by atoms with E-state index in [0.29, 0.717) is 0 Å². The van der Waals surface area contributed by atoms with Crippen molar-refractivity contribution in [3.05, 3.63) is 0 Å². The Morgan fingerprint density at radius 3 is 2.50 bits per heavy atom. The summed E-state index contributed by atoms with van der Waals surface area (Å²) in [7, 11) is 2.23. The fourth-order valence-corrected chi connectivity index (χ4v) is 2.81. The molecular weight excluding hydrogens is 174 g/mol. The van der Waals surface area contributed by atoms with Gasteiger partial charge in [-0.05, 0) is 51.4 Å². The first-order valence-electron chi connectivity index (χ1n) is 5.89. The lowest BCUT2D eigenvalue weighted by molar-refractivity contribution is 0.267. The highest BCUT2D eigenvalue weighted by atomic mass is 15.2. The van der Waals surface area contributed by atoms with Crippen LogP contribution >= 0.6 is 0 Å². The van der Waals surface area contributed by atoms with Crippen molar-refractivity contribution in [1.29, 1.82) is 0 Å². The Hall–Kier alpha value is -0.120. The fraction of sp³-hybridized carbons (Fsp3) is 1.00. The highest BCUT2D eigenvalue weighted by molar-refractivity contribution is 4.81. The van der Waals surface area contributed by atoms with Crippen molar-refractivity contribution in [1.82, 2.24) is 9.80 Å². The zero-order chi connectivity index (χ0) is 9.97. The second-order valence-electron chi connectivity index (χ2n) is 5.07. The fourth-order valence-electron chi connectivity index (χ4n) is 2.81. The SMILES string of the molecule is CN1CCC(CN2CCC(CN)C2)C1. The third-order valence-electron chi connectivity index (χ3n) is 3.71. The molecule has 0 aromatic carbocycles. The van der Waals surface area contributed by atoms with Gasteiger partial charge in [-0.3, -0.25) is 0 Å². The highest BCUT2D eigenvalue weighted by Gasteiger charge is 2.26. The number of hydrogen-bond acceptors (Lipinski definition) is 3. The Morgan fingerprint density at radius 1 is 1.14 bits per heavy atom. The van der Waals surface area contributed by atoms with Gasteiger partial charge in [-0.15, -0.1) is 0 Å². The molecule has 2 rings (SSSR count). The highest BCUT2D eigenvalue weighted by Crippen LogP contribution is 2.20. The summed E-state index contributed by atoms with van der Waals surface area (Å²) in [5, 5.41) is 0. The van der Waals surface area contributed by atoms with Gasteiger partial charge in [0.25, 0.3) is 0 Å². The van der Waals surface area contributed by atoms with Gasteiger partial charge in [0.2, 0.25) is 0 Å². The second-order valence-corrected chi connectivity index (χ2v) is 5.07. The molecule has 3 heteroatoms. The smallest absolute Gasteiger partial charge is 0.00225 e. The van der Waals surface area contributed by atoms with E-state index in [1.165, 1.54) is 45.6 Å². The van der Waals surface area contributed by atoms with Gasteiger partial charge in [0.1, 0.15) is 0 Å². The van der Waals surface area contributed by atoms with Crippen molar-refractivity contribution >= 4 is 0 Å². The van der Waals surface area contributed by atoms with Crippen LogP contribution in [0.4, 0.5) is 0 Å². The van der Waals surface area contributed by atoms with Gasteiger partial charge in [0.15, 0.2) is 0 Å². The molecule has 0 radical (unpaired) electrons. The average molecular weight is 197 g/mol. The molecule has 0 aromatic rings. The van der Waals surface area contributed by atoms with Gasteiger partial charge in [-0.25, -0.2) is 0 Å². The minimum atomic E-state index is 0.772. The maximum atomic E-state index is 5.69. The van der Waals surface area contributed by atoms with E-state index in [1.807, 2.05) is 0 Å². The van der Waals surface area contributed by atoms with Crippen LogP contribution in [0.25, 0.3) is 0 Å². The summed E-state index contributed by atoms with van der Waals surface area (Å²) in [5.74, 6) is 1.69. The van der Waals surface area contributed by atoms with Crippen LogP contribution in [0, 0.1) is 11.8 Å². The summed E-state index contributed by atoms with van der Waals surface area (Å²) in [6, 6.07) is 0. The standard InChI is InChI=1S/C11H23N3/c1-13-4-2-11(7-13)9-14-5-3-10(6-12)8-14/h10-11H,2-9,12H2,1H3. The monoisotopic (exact) mass is 197 g/mol. The van der Waals surface area contributed by atoms with E-state index in [4.69, 9.17) is 5.73 Å². The summed E-state index contributed by atoms with van der Waals surface area (Å²) >= 11 is 0. The molecule has 14 heavy (non-hydrogen) atoms. The zero-order valence-electron chi connectivity index (χ0n) is 9.28. The lowest BCUT2D eigenvalue weighted by Crippen LogP contribution is -2.29. The molecule has 0 aliphatic carbocycles. The summed E-state index contributed by atoms with van der Waals surface area (Å²) in [6.45, 7) is 7.29. The Bertz CT molecular complexity index is 183. The lowest BCUT2D eigenvalue weighted by atomic mass is 10.1. The number of nitrogens with two attached hydrogens (primary N) is 1. The first-order valence-corrected chi connectivity index (χ1v) is 5.89. The van der Waals surface area contributed by atoms with Gasteiger partial charge in [-0.2, -0.15) is 0 Å². The summed E-state index contributed by atoms with van der Waals surface area (Å²) in [4.78, 5) is 5.06. The van der Waals surface area contributed by atoms with Crippen LogP contribution in [0.2, 0.25) is 0 Å². The quantitative estimate of drug-likeness (QED) is 0.702. The Labute approximate surface area is 87.2 Å². The molecule has 82 valence electrons. The third kappa shape index (κ3) is 2.47. The molecule has 2 saturated heterocycles. The van der Waals surface area contributed by atoms with Gasteiger partial charge < -0.3 is 15.5 Å². The molecule has 0 bridgehead atoms. The molecule has 3 nitrogen and oxygen atoms in total. The third-order valence-corrected chi connectivity index (χ3v) is 3.71. The van der Waals surface area contributed by atoms with Crippen molar-refractivity contribution in [2.24, 2.45) is 17.6 Å². The van der Waals surface area contributed by atoms with Crippen molar-refractivity contribution in [3.63, 3.8) is 0 Å². The van der Waals surface area contributed by atoms with Gasteiger partial charge in [0, 0.05) is 19.6 Å². The molecule has 0 amide bonds. The van der Waals surface area contributed by atoms with E-state index in [-0.39, 0.29) is 0 Å². The number of hydrogen-bond donors (Lipinski definition) is 1. The van der Waals surface area contributed by atoms with Crippen LogP contribution in [0.3, 0.4) is 0 Å². The van der Waals surface area contributed by atoms with Crippen LogP contribution in [0.1, 0.15) is 12.8 Å². The Kier molecular flexibility index (Phi) is 3.42. The van der Waals surface area contributed by atoms with Gasteiger partial charge in [-0.1, -0.05) is 0 Å². The van der Waals surface area contributed by atoms with Crippen LogP contribution in [0.5, 0.6) is 0 Å². The molecule has 2 aliphatic rings. The largest absolute Gasteiger partial charge is 0.330 e. The minimum absolute atomic E-state index is 0.772. The molecule has 2 N–H and O–H groups in total. The lowest BCUT2D eigenvalue weighted by Gasteiger charge is -2.20. The summed E-state index contributed by atoms with van der Waals surface area (Å²) in [5.41, 5.74) is 5.69. The predicted octanol–water partition coefficient (Wildman–Crippen LogP) is 0.219. The summed E-state index contributed by atoms with van der Waals surface area (Å²) in [6.07, 6.45) is 2.71. The molecule has 2 heterocycles. The Balaban J connectivity index is 1.71. The average Bonchev–Trinajstić information content (AvgIpc) is 2.76. The maximum Gasteiger partial charge on any atom is 0.00225 e. The molecule has 2 unspecified atom stereocenters. The summed E-state index contributed by atoms with van der Waals surface area (Å²) < 4.78 is 0. The topological polar surface area (TPSA) is 32.5 Å². The van der Waals surface area contributed by atoms with E-state index in [2.05, 4.69) is 16.8 Å². The normalized spacial score (nSPS) is 35.6. The number of rotatable bonds is 3. The van der Waals surface area contributed by atoms with Crippen LogP contribution < -0.4 is 5.73 Å². The molecule has 2 fully saturated rings. The Morgan fingerprint density at radius 2 is 1.93 bits per heavy atom. The number of nitrogens with zero attached hydrogens (tertiary/aromatic N) is 2. The zero-order valence-corrected chi connectivity index (χ0v) is 9.28. The maximum absolute atomic E-state index is 5.69. The van der Waals surface area contributed by atoms with Gasteiger partial charge >= 0.3 is 0 Å².